The molecular weight excluding hydrogens is 415 g/mol. The number of nitrogens with two attached hydrogens (primary N) is 1. The Labute approximate surface area is 165 Å². The molecule has 0 bridgehead atoms. The third-order valence-corrected chi connectivity index (χ3v) is 6.07. The molecule has 0 aromatic heterocycles. The number of nitrogens with zero attached hydrogens (tertiary/aromatic N) is 1. The van der Waals surface area contributed by atoms with Gasteiger partial charge in [0.25, 0.3) is 0 Å². The fraction of sp³-hybridized carbons (Fsp3) is 0. The molecule has 3 aromatic carbocycles. The van der Waals surface area contributed by atoms with Crippen molar-refractivity contribution in [1.82, 2.24) is 0 Å². The molecule has 0 aliphatic carbocycles. The molecule has 0 radical (unpaired) electrons. The van der Waals surface area contributed by atoms with E-state index in [1.807, 2.05) is 12.1 Å². The Morgan fingerprint density at radius 3 is 1.82 bits per heavy atom. The van der Waals surface area contributed by atoms with Crippen LogP contribution < -0.4 is 5.73 Å². The fourth-order valence-electron chi connectivity index (χ4n) is 2.15. The van der Waals surface area contributed by atoms with E-state index in [4.69, 9.17) is 5.73 Å². The molecule has 0 unspecified atom stereocenters. The van der Waals surface area contributed by atoms with Gasteiger partial charge in [-0.3, -0.25) is 4.99 Å². The Kier molecular flexibility index (Phi) is 6.25. The maximum absolute atomic E-state index is 13.8. The van der Waals surface area contributed by atoms with Crippen LogP contribution in [-0.4, -0.2) is 6.21 Å². The molecular formula is C19H11F5N2S2. The summed E-state index contributed by atoms with van der Waals surface area (Å²) in [7, 11) is 2.64. The van der Waals surface area contributed by atoms with E-state index in [9.17, 15) is 22.0 Å². The average Bonchev–Trinajstić information content (AvgIpc) is 2.71. The van der Waals surface area contributed by atoms with Crippen LogP contribution in [0.3, 0.4) is 0 Å². The van der Waals surface area contributed by atoms with Crippen molar-refractivity contribution < 1.29 is 22.0 Å². The minimum atomic E-state index is -2.21. The highest BCUT2D eigenvalue weighted by Crippen LogP contribution is 2.43. The number of para-hydroxylation sites is 2. The van der Waals surface area contributed by atoms with E-state index in [2.05, 4.69) is 4.99 Å². The van der Waals surface area contributed by atoms with Gasteiger partial charge in [-0.25, -0.2) is 22.0 Å². The Morgan fingerprint density at radius 2 is 1.18 bits per heavy atom. The third kappa shape index (κ3) is 4.15. The summed E-state index contributed by atoms with van der Waals surface area (Å²) in [5, 5.41) is 0. The lowest BCUT2D eigenvalue weighted by Gasteiger charge is -2.07. The summed E-state index contributed by atoms with van der Waals surface area (Å²) < 4.78 is 67.3. The molecule has 0 atom stereocenters. The summed E-state index contributed by atoms with van der Waals surface area (Å²) in [6.45, 7) is 0. The zero-order chi connectivity index (χ0) is 20.3. The van der Waals surface area contributed by atoms with Crippen molar-refractivity contribution in [3.8, 4) is 0 Å². The molecule has 0 saturated heterocycles. The SMILES string of the molecule is Nc1ccccc1SSc1ccccc1N=Cc1c(F)c(F)c(F)c(F)c1F. The van der Waals surface area contributed by atoms with Gasteiger partial charge in [-0.15, -0.1) is 0 Å². The Morgan fingerprint density at radius 1 is 0.679 bits per heavy atom. The van der Waals surface area contributed by atoms with Crippen LogP contribution >= 0.6 is 21.6 Å². The van der Waals surface area contributed by atoms with Gasteiger partial charge in [0.1, 0.15) is 0 Å². The van der Waals surface area contributed by atoms with Gasteiger partial charge in [-0.05, 0) is 24.3 Å². The lowest BCUT2D eigenvalue weighted by Crippen LogP contribution is -2.06. The summed E-state index contributed by atoms with van der Waals surface area (Å²) in [6.07, 6.45) is 0.622. The predicted octanol–water partition coefficient (Wildman–Crippen LogP) is 6.51. The highest BCUT2D eigenvalue weighted by atomic mass is 33.1. The maximum atomic E-state index is 13.8. The third-order valence-electron chi connectivity index (χ3n) is 3.58. The summed E-state index contributed by atoms with van der Waals surface area (Å²) in [4.78, 5) is 5.35. The van der Waals surface area contributed by atoms with Crippen LogP contribution in [0.15, 0.2) is 63.3 Å². The van der Waals surface area contributed by atoms with E-state index in [-0.39, 0.29) is 0 Å². The molecule has 144 valence electrons. The second kappa shape index (κ2) is 8.66. The molecule has 0 aliphatic heterocycles. The zero-order valence-corrected chi connectivity index (χ0v) is 15.6. The van der Waals surface area contributed by atoms with Crippen LogP contribution in [0, 0.1) is 29.1 Å². The van der Waals surface area contributed by atoms with Crippen molar-refractivity contribution >= 4 is 39.2 Å². The summed E-state index contributed by atoms with van der Waals surface area (Å²) in [5.41, 5.74) is 5.67. The first-order valence-electron chi connectivity index (χ1n) is 7.73. The van der Waals surface area contributed by atoms with Gasteiger partial charge < -0.3 is 5.73 Å². The van der Waals surface area contributed by atoms with Crippen molar-refractivity contribution in [2.24, 2.45) is 4.99 Å². The first-order valence-corrected chi connectivity index (χ1v) is 9.88. The van der Waals surface area contributed by atoms with Crippen LogP contribution in [0.1, 0.15) is 5.56 Å². The molecule has 3 rings (SSSR count). The second-order valence-electron chi connectivity index (χ2n) is 5.41. The normalized spacial score (nSPS) is 11.3. The van der Waals surface area contributed by atoms with E-state index in [0.717, 1.165) is 4.90 Å². The molecule has 2 nitrogen and oxygen atoms in total. The van der Waals surface area contributed by atoms with Crippen molar-refractivity contribution in [2.75, 3.05) is 5.73 Å². The smallest absolute Gasteiger partial charge is 0.200 e. The van der Waals surface area contributed by atoms with Gasteiger partial charge >= 0.3 is 0 Å². The first kappa shape index (κ1) is 20.2. The van der Waals surface area contributed by atoms with E-state index < -0.39 is 34.6 Å². The van der Waals surface area contributed by atoms with Gasteiger partial charge in [-0.1, -0.05) is 45.9 Å². The molecule has 28 heavy (non-hydrogen) atoms. The number of hydrogen-bond donors (Lipinski definition) is 1. The van der Waals surface area contributed by atoms with Crippen LogP contribution in [0.4, 0.5) is 33.3 Å². The van der Waals surface area contributed by atoms with Crippen LogP contribution in [-0.2, 0) is 0 Å². The lowest BCUT2D eigenvalue weighted by atomic mass is 10.2. The molecule has 9 heteroatoms. The number of anilines is 1. The predicted molar refractivity (Wildman–Crippen MR) is 102 cm³/mol. The van der Waals surface area contributed by atoms with Gasteiger partial charge in [0.2, 0.25) is 5.82 Å². The van der Waals surface area contributed by atoms with Crippen molar-refractivity contribution in [1.29, 1.82) is 0 Å². The number of benzene rings is 3. The van der Waals surface area contributed by atoms with Gasteiger partial charge in [0.05, 0.1) is 11.3 Å². The van der Waals surface area contributed by atoms with Crippen LogP contribution in [0.2, 0.25) is 0 Å². The molecule has 0 heterocycles. The van der Waals surface area contributed by atoms with E-state index in [1.54, 1.807) is 36.4 Å². The van der Waals surface area contributed by atoms with E-state index in [0.29, 0.717) is 22.5 Å². The van der Waals surface area contributed by atoms with Crippen LogP contribution in [0.25, 0.3) is 0 Å². The largest absolute Gasteiger partial charge is 0.398 e. The zero-order valence-electron chi connectivity index (χ0n) is 13.9. The topological polar surface area (TPSA) is 38.4 Å². The molecule has 0 fully saturated rings. The maximum Gasteiger partial charge on any atom is 0.200 e. The average molecular weight is 426 g/mol. The van der Waals surface area contributed by atoms with Crippen LogP contribution in [0.5, 0.6) is 0 Å². The van der Waals surface area contributed by atoms with E-state index >= 15 is 0 Å². The lowest BCUT2D eigenvalue weighted by molar-refractivity contribution is 0.377. The number of aliphatic imine (C=N–C) groups is 1. The summed E-state index contributed by atoms with van der Waals surface area (Å²) in [6, 6.07) is 13.8. The molecule has 0 aliphatic rings. The molecule has 2 N–H and O–H groups in total. The van der Waals surface area contributed by atoms with Crippen molar-refractivity contribution in [2.45, 2.75) is 9.79 Å². The Balaban J connectivity index is 1.89. The van der Waals surface area contributed by atoms with E-state index in [1.165, 1.54) is 21.6 Å². The highest BCUT2D eigenvalue weighted by Gasteiger charge is 2.24. The highest BCUT2D eigenvalue weighted by molar-refractivity contribution is 8.76. The number of halogens is 5. The Hall–Kier alpha value is -2.52. The van der Waals surface area contributed by atoms with Gasteiger partial charge in [0.15, 0.2) is 23.3 Å². The quantitative estimate of drug-likeness (QED) is 0.126. The second-order valence-corrected chi connectivity index (χ2v) is 7.63. The Bertz CT molecular complexity index is 1030. The number of nitrogen functional groups attached to an aromatic ring is 1. The molecule has 0 spiro atoms. The molecule has 3 aromatic rings. The van der Waals surface area contributed by atoms with Gasteiger partial charge in [0, 0.05) is 21.7 Å². The summed E-state index contributed by atoms with van der Waals surface area (Å²) in [5.74, 6) is -10.1. The standard InChI is InChI=1S/C19H11F5N2S2/c20-15-10(16(21)18(23)19(24)17(15)22)9-26-12-6-2-4-8-14(12)28-27-13-7-3-1-5-11(13)25/h1-9H,25H2. The minimum Gasteiger partial charge on any atom is -0.398 e. The minimum absolute atomic E-state index is 0.304. The number of rotatable bonds is 5. The molecule has 0 saturated carbocycles. The molecule has 0 amide bonds. The monoisotopic (exact) mass is 426 g/mol. The first-order chi connectivity index (χ1) is 13.4. The van der Waals surface area contributed by atoms with Crippen molar-refractivity contribution in [3.05, 3.63) is 83.2 Å². The van der Waals surface area contributed by atoms with Crippen molar-refractivity contribution in [3.63, 3.8) is 0 Å². The number of hydrogen-bond acceptors (Lipinski definition) is 4. The summed E-state index contributed by atoms with van der Waals surface area (Å²) >= 11 is 0. The fourth-order valence-corrected chi connectivity index (χ4v) is 4.38. The van der Waals surface area contributed by atoms with Gasteiger partial charge in [-0.2, -0.15) is 0 Å².